The molecule has 1 amide bonds. The van der Waals surface area contributed by atoms with Crippen molar-refractivity contribution in [2.24, 2.45) is 0 Å². The van der Waals surface area contributed by atoms with Gasteiger partial charge in [0.2, 0.25) is 0 Å². The Morgan fingerprint density at radius 3 is 2.65 bits per heavy atom. The van der Waals surface area contributed by atoms with Crippen molar-refractivity contribution in [1.29, 1.82) is 0 Å². The highest BCUT2D eigenvalue weighted by Gasteiger charge is 2.13. The van der Waals surface area contributed by atoms with Gasteiger partial charge in [0.05, 0.1) is 7.11 Å². The van der Waals surface area contributed by atoms with Crippen molar-refractivity contribution >= 4 is 27.3 Å². The minimum Gasteiger partial charge on any atom is -0.497 e. The largest absolute Gasteiger partial charge is 0.497 e. The SMILES string of the molecule is COc1ccc(C(=O)NCC(O)c2cc3ccccc3s2)cc1. The van der Waals surface area contributed by atoms with Gasteiger partial charge in [-0.15, -0.1) is 11.3 Å². The maximum absolute atomic E-state index is 12.1. The number of methoxy groups -OCH3 is 1. The van der Waals surface area contributed by atoms with Crippen LogP contribution in [-0.2, 0) is 0 Å². The standard InChI is InChI=1S/C18H17NO3S/c1-22-14-8-6-12(7-9-14)18(21)19-11-15(20)17-10-13-4-2-3-5-16(13)23-17/h2-10,15,20H,11H2,1H3,(H,19,21). The Morgan fingerprint density at radius 2 is 1.96 bits per heavy atom. The second-order valence-electron chi connectivity index (χ2n) is 5.14. The molecule has 0 aliphatic heterocycles. The van der Waals surface area contributed by atoms with Gasteiger partial charge in [-0.2, -0.15) is 0 Å². The molecule has 0 fully saturated rings. The lowest BCUT2D eigenvalue weighted by molar-refractivity contribution is 0.0918. The third-order valence-corrected chi connectivity index (χ3v) is 4.80. The van der Waals surface area contributed by atoms with E-state index in [0.29, 0.717) is 11.3 Å². The number of carbonyl (C=O) groups excluding carboxylic acids is 1. The van der Waals surface area contributed by atoms with Crippen LogP contribution >= 0.6 is 11.3 Å². The highest BCUT2D eigenvalue weighted by atomic mass is 32.1. The van der Waals surface area contributed by atoms with E-state index in [4.69, 9.17) is 4.74 Å². The van der Waals surface area contributed by atoms with E-state index in [1.165, 1.54) is 11.3 Å². The summed E-state index contributed by atoms with van der Waals surface area (Å²) in [5, 5.41) is 14.1. The van der Waals surface area contributed by atoms with Gasteiger partial charge < -0.3 is 15.2 Å². The second-order valence-corrected chi connectivity index (χ2v) is 6.26. The Balaban J connectivity index is 1.63. The lowest BCUT2D eigenvalue weighted by Gasteiger charge is -2.10. The number of amides is 1. The lowest BCUT2D eigenvalue weighted by atomic mass is 10.2. The molecule has 0 aliphatic rings. The fourth-order valence-electron chi connectivity index (χ4n) is 2.30. The molecule has 0 saturated heterocycles. The van der Waals surface area contributed by atoms with Crippen LogP contribution in [0.15, 0.2) is 54.6 Å². The van der Waals surface area contributed by atoms with Crippen LogP contribution in [0.25, 0.3) is 10.1 Å². The van der Waals surface area contributed by atoms with Crippen molar-refractivity contribution in [3.8, 4) is 5.75 Å². The maximum Gasteiger partial charge on any atom is 0.251 e. The summed E-state index contributed by atoms with van der Waals surface area (Å²) in [6.45, 7) is 0.178. The van der Waals surface area contributed by atoms with Crippen LogP contribution in [0, 0.1) is 0 Å². The average molecular weight is 327 g/mol. The van der Waals surface area contributed by atoms with Crippen molar-refractivity contribution in [3.63, 3.8) is 0 Å². The molecule has 0 aliphatic carbocycles. The van der Waals surface area contributed by atoms with E-state index in [-0.39, 0.29) is 12.5 Å². The quantitative estimate of drug-likeness (QED) is 0.755. The van der Waals surface area contributed by atoms with Gasteiger partial charge in [-0.3, -0.25) is 4.79 Å². The van der Waals surface area contributed by atoms with Crippen LogP contribution < -0.4 is 10.1 Å². The van der Waals surface area contributed by atoms with Gasteiger partial charge in [0.15, 0.2) is 0 Å². The zero-order chi connectivity index (χ0) is 16.2. The van der Waals surface area contributed by atoms with Gasteiger partial charge in [0.25, 0.3) is 5.91 Å². The van der Waals surface area contributed by atoms with Crippen LogP contribution in [0.4, 0.5) is 0 Å². The van der Waals surface area contributed by atoms with Crippen molar-refractivity contribution in [2.45, 2.75) is 6.10 Å². The molecule has 0 bridgehead atoms. The van der Waals surface area contributed by atoms with E-state index in [9.17, 15) is 9.90 Å². The number of aliphatic hydroxyl groups is 1. The molecule has 118 valence electrons. The highest BCUT2D eigenvalue weighted by Crippen LogP contribution is 2.29. The number of hydrogen-bond acceptors (Lipinski definition) is 4. The highest BCUT2D eigenvalue weighted by molar-refractivity contribution is 7.19. The predicted octanol–water partition coefficient (Wildman–Crippen LogP) is 3.37. The number of rotatable bonds is 5. The molecule has 5 heteroatoms. The zero-order valence-corrected chi connectivity index (χ0v) is 13.5. The Morgan fingerprint density at radius 1 is 1.22 bits per heavy atom. The summed E-state index contributed by atoms with van der Waals surface area (Å²) in [4.78, 5) is 12.9. The number of hydrogen-bond donors (Lipinski definition) is 2. The summed E-state index contributed by atoms with van der Waals surface area (Å²) in [6.07, 6.45) is -0.713. The third-order valence-electron chi connectivity index (χ3n) is 3.58. The Hall–Kier alpha value is -2.37. The third kappa shape index (κ3) is 3.52. The molecule has 3 aromatic rings. The lowest BCUT2D eigenvalue weighted by Crippen LogP contribution is -2.28. The van der Waals surface area contributed by atoms with Crippen molar-refractivity contribution in [2.75, 3.05) is 13.7 Å². The molecule has 23 heavy (non-hydrogen) atoms. The van der Waals surface area contributed by atoms with Crippen LogP contribution in [0.2, 0.25) is 0 Å². The van der Waals surface area contributed by atoms with Gasteiger partial charge in [0, 0.05) is 21.7 Å². The molecule has 1 heterocycles. The Kier molecular flexibility index (Phi) is 4.60. The van der Waals surface area contributed by atoms with Gasteiger partial charge in [-0.1, -0.05) is 18.2 Å². The van der Waals surface area contributed by atoms with E-state index in [1.807, 2.05) is 30.3 Å². The molecule has 1 unspecified atom stereocenters. The van der Waals surface area contributed by atoms with E-state index in [1.54, 1.807) is 31.4 Å². The summed E-state index contributed by atoms with van der Waals surface area (Å²) in [5.74, 6) is 0.486. The number of benzene rings is 2. The number of fused-ring (bicyclic) bond motifs is 1. The Bertz CT molecular complexity index is 778. The Labute approximate surface area is 138 Å². The summed E-state index contributed by atoms with van der Waals surface area (Å²) in [6, 6.07) is 16.8. The predicted molar refractivity (Wildman–Crippen MR) is 92.1 cm³/mol. The number of nitrogens with one attached hydrogen (secondary N) is 1. The number of thiophene rings is 1. The normalized spacial score (nSPS) is 12.1. The smallest absolute Gasteiger partial charge is 0.251 e. The molecule has 0 saturated carbocycles. The number of ether oxygens (including phenoxy) is 1. The van der Waals surface area contributed by atoms with Crippen LogP contribution in [-0.4, -0.2) is 24.7 Å². The number of carbonyl (C=O) groups is 1. The second kappa shape index (κ2) is 6.81. The molecule has 0 radical (unpaired) electrons. The minimum atomic E-state index is -0.713. The van der Waals surface area contributed by atoms with Crippen LogP contribution in [0.1, 0.15) is 21.3 Å². The van der Waals surface area contributed by atoms with E-state index in [0.717, 1.165) is 15.0 Å². The van der Waals surface area contributed by atoms with E-state index in [2.05, 4.69) is 5.32 Å². The fraction of sp³-hybridized carbons (Fsp3) is 0.167. The topological polar surface area (TPSA) is 58.6 Å². The molecular formula is C18H17NO3S. The van der Waals surface area contributed by atoms with Crippen molar-refractivity contribution in [3.05, 3.63) is 65.0 Å². The summed E-state index contributed by atoms with van der Waals surface area (Å²) < 4.78 is 6.19. The first-order chi connectivity index (χ1) is 11.2. The van der Waals surface area contributed by atoms with Gasteiger partial charge in [0.1, 0.15) is 11.9 Å². The molecule has 1 atom stereocenters. The zero-order valence-electron chi connectivity index (χ0n) is 12.7. The van der Waals surface area contributed by atoms with E-state index >= 15 is 0 Å². The first-order valence-corrected chi connectivity index (χ1v) is 8.08. The summed E-state index contributed by atoms with van der Waals surface area (Å²) in [5.41, 5.74) is 0.536. The fourth-order valence-corrected chi connectivity index (χ4v) is 3.35. The van der Waals surface area contributed by atoms with Gasteiger partial charge in [-0.05, 0) is 41.8 Å². The molecule has 2 N–H and O–H groups in total. The van der Waals surface area contributed by atoms with Gasteiger partial charge >= 0.3 is 0 Å². The van der Waals surface area contributed by atoms with Crippen molar-refractivity contribution < 1.29 is 14.6 Å². The molecular weight excluding hydrogens is 310 g/mol. The van der Waals surface area contributed by atoms with Crippen molar-refractivity contribution in [1.82, 2.24) is 5.32 Å². The molecule has 2 aromatic carbocycles. The monoisotopic (exact) mass is 327 g/mol. The summed E-state index contributed by atoms with van der Waals surface area (Å²) in [7, 11) is 1.58. The molecule has 1 aromatic heterocycles. The van der Waals surface area contributed by atoms with Gasteiger partial charge in [-0.25, -0.2) is 0 Å². The molecule has 0 spiro atoms. The molecule has 4 nitrogen and oxygen atoms in total. The van der Waals surface area contributed by atoms with Crippen LogP contribution in [0.3, 0.4) is 0 Å². The van der Waals surface area contributed by atoms with E-state index < -0.39 is 6.10 Å². The van der Waals surface area contributed by atoms with Crippen LogP contribution in [0.5, 0.6) is 5.75 Å². The summed E-state index contributed by atoms with van der Waals surface area (Å²) >= 11 is 1.54. The first-order valence-electron chi connectivity index (χ1n) is 7.26. The first kappa shape index (κ1) is 15.5. The molecule has 3 rings (SSSR count). The number of aliphatic hydroxyl groups excluding tert-OH is 1. The average Bonchev–Trinajstić information content (AvgIpc) is 3.03. The minimum absolute atomic E-state index is 0.178. The maximum atomic E-state index is 12.1.